The van der Waals surface area contributed by atoms with Gasteiger partial charge < -0.3 is 14.2 Å². The van der Waals surface area contributed by atoms with Crippen molar-refractivity contribution in [3.63, 3.8) is 0 Å². The summed E-state index contributed by atoms with van der Waals surface area (Å²) < 4.78 is 14.7. The van der Waals surface area contributed by atoms with Crippen LogP contribution in [-0.2, 0) is 28.6 Å². The summed E-state index contributed by atoms with van der Waals surface area (Å²) in [6.45, 7) is 1.25. The lowest BCUT2D eigenvalue weighted by molar-refractivity contribution is -0.185. The number of esters is 3. The summed E-state index contributed by atoms with van der Waals surface area (Å²) in [4.78, 5) is 35.6. The highest BCUT2D eigenvalue weighted by Crippen LogP contribution is 2.55. The van der Waals surface area contributed by atoms with Gasteiger partial charge in [-0.1, -0.05) is 12.2 Å². The number of carbonyl (C=O) groups excluding carboxylic acids is 3. The Morgan fingerprint density at radius 2 is 1.68 bits per heavy atom. The Bertz CT molecular complexity index is 436. The van der Waals surface area contributed by atoms with E-state index in [1.165, 1.54) is 21.1 Å². The van der Waals surface area contributed by atoms with Crippen LogP contribution in [0.15, 0.2) is 12.2 Å². The maximum Gasteiger partial charge on any atom is 0.327 e. The molecule has 104 valence electrons. The molecule has 0 aromatic heterocycles. The van der Waals surface area contributed by atoms with E-state index < -0.39 is 29.4 Å². The Hall–Kier alpha value is -1.85. The van der Waals surface area contributed by atoms with Crippen LogP contribution in [0.5, 0.6) is 0 Å². The lowest BCUT2D eigenvalue weighted by atomic mass is 9.73. The van der Waals surface area contributed by atoms with E-state index in [9.17, 15) is 14.4 Å². The first kappa shape index (κ1) is 13.6. The van der Waals surface area contributed by atoms with Gasteiger partial charge in [0.2, 0.25) is 5.41 Å². The van der Waals surface area contributed by atoms with Gasteiger partial charge in [0.1, 0.15) is 6.10 Å². The molecule has 0 heterocycles. The minimum Gasteiger partial charge on any atom is -0.468 e. The second-order valence-corrected chi connectivity index (χ2v) is 4.77. The summed E-state index contributed by atoms with van der Waals surface area (Å²) in [7, 11) is 2.40. The van der Waals surface area contributed by atoms with Gasteiger partial charge in [-0.15, -0.1) is 0 Å². The van der Waals surface area contributed by atoms with Gasteiger partial charge in [-0.05, 0) is 6.42 Å². The van der Waals surface area contributed by atoms with E-state index in [2.05, 4.69) is 0 Å². The normalized spacial score (nSPS) is 29.9. The molecule has 2 aliphatic carbocycles. The predicted octanol–water partition coefficient (Wildman–Crippen LogP) is 0.456. The molecule has 0 radical (unpaired) electrons. The zero-order valence-corrected chi connectivity index (χ0v) is 11.0. The average Bonchev–Trinajstić information content (AvgIpc) is 2.96. The standard InChI is InChI=1S/C13H16O6/c1-7(14)19-10-8-4-5-9(6-8)13(10,11(15)17-2)12(16)18-3/h4-5,8-10H,6H2,1-3H3/t8-,9+,10?/m1/s1. The number of allylic oxidation sites excluding steroid dienone is 1. The van der Waals surface area contributed by atoms with Crippen LogP contribution in [0.3, 0.4) is 0 Å². The lowest BCUT2D eigenvalue weighted by Gasteiger charge is -2.35. The number of rotatable bonds is 3. The van der Waals surface area contributed by atoms with E-state index in [1.54, 1.807) is 6.08 Å². The van der Waals surface area contributed by atoms with Crippen LogP contribution in [-0.4, -0.2) is 38.2 Å². The fraction of sp³-hybridized carbons (Fsp3) is 0.615. The molecule has 0 spiro atoms. The second-order valence-electron chi connectivity index (χ2n) is 4.77. The van der Waals surface area contributed by atoms with E-state index >= 15 is 0 Å². The summed E-state index contributed by atoms with van der Waals surface area (Å²) in [5, 5.41) is 0. The van der Waals surface area contributed by atoms with Crippen molar-refractivity contribution in [3.8, 4) is 0 Å². The molecule has 2 aliphatic rings. The van der Waals surface area contributed by atoms with Gasteiger partial charge in [0.25, 0.3) is 0 Å². The number of fused-ring (bicyclic) bond motifs is 2. The van der Waals surface area contributed by atoms with Crippen LogP contribution in [0.25, 0.3) is 0 Å². The maximum atomic E-state index is 12.2. The Morgan fingerprint density at radius 3 is 2.16 bits per heavy atom. The van der Waals surface area contributed by atoms with Crippen molar-refractivity contribution in [3.05, 3.63) is 12.2 Å². The highest BCUT2D eigenvalue weighted by atomic mass is 16.6. The second kappa shape index (κ2) is 4.68. The highest BCUT2D eigenvalue weighted by Gasteiger charge is 2.68. The van der Waals surface area contributed by atoms with Crippen LogP contribution in [0.1, 0.15) is 13.3 Å². The molecule has 1 saturated carbocycles. The van der Waals surface area contributed by atoms with Gasteiger partial charge in [-0.3, -0.25) is 14.4 Å². The van der Waals surface area contributed by atoms with Crippen LogP contribution in [0.2, 0.25) is 0 Å². The van der Waals surface area contributed by atoms with Crippen LogP contribution in [0.4, 0.5) is 0 Å². The van der Waals surface area contributed by atoms with Gasteiger partial charge in [0.15, 0.2) is 0 Å². The molecule has 0 saturated heterocycles. The molecule has 0 aliphatic heterocycles. The maximum absolute atomic E-state index is 12.2. The third kappa shape index (κ3) is 1.74. The number of hydrogen-bond acceptors (Lipinski definition) is 6. The Kier molecular flexibility index (Phi) is 3.34. The smallest absolute Gasteiger partial charge is 0.327 e. The molecule has 2 bridgehead atoms. The molecule has 0 N–H and O–H groups in total. The largest absolute Gasteiger partial charge is 0.468 e. The minimum absolute atomic E-state index is 0.160. The molecule has 0 aromatic carbocycles. The quantitative estimate of drug-likeness (QED) is 0.320. The molecule has 19 heavy (non-hydrogen) atoms. The van der Waals surface area contributed by atoms with Crippen molar-refractivity contribution in [2.24, 2.45) is 17.3 Å². The van der Waals surface area contributed by atoms with Crippen molar-refractivity contribution in [2.75, 3.05) is 14.2 Å². The number of carbonyl (C=O) groups is 3. The summed E-state index contributed by atoms with van der Waals surface area (Å²) in [5.41, 5.74) is -1.57. The van der Waals surface area contributed by atoms with Crippen LogP contribution >= 0.6 is 0 Å². The van der Waals surface area contributed by atoms with Crippen molar-refractivity contribution in [1.82, 2.24) is 0 Å². The summed E-state index contributed by atoms with van der Waals surface area (Å²) in [6, 6.07) is 0. The van der Waals surface area contributed by atoms with E-state index in [0.29, 0.717) is 6.42 Å². The van der Waals surface area contributed by atoms with Gasteiger partial charge >= 0.3 is 17.9 Å². The number of methoxy groups -OCH3 is 2. The fourth-order valence-corrected chi connectivity index (χ4v) is 3.15. The molecular formula is C13H16O6. The van der Waals surface area contributed by atoms with Crippen molar-refractivity contribution in [2.45, 2.75) is 19.4 Å². The first-order valence-electron chi connectivity index (χ1n) is 6.00. The number of ether oxygens (including phenoxy) is 3. The Labute approximate surface area is 110 Å². The topological polar surface area (TPSA) is 78.9 Å². The van der Waals surface area contributed by atoms with Gasteiger partial charge in [0, 0.05) is 18.8 Å². The number of hydrogen-bond donors (Lipinski definition) is 0. The Balaban J connectivity index is 2.49. The molecule has 1 unspecified atom stereocenters. The fourth-order valence-electron chi connectivity index (χ4n) is 3.15. The van der Waals surface area contributed by atoms with Gasteiger partial charge in [0.05, 0.1) is 14.2 Å². The molecule has 6 heteroatoms. The molecular weight excluding hydrogens is 252 g/mol. The zero-order chi connectivity index (χ0) is 14.2. The molecule has 0 amide bonds. The highest BCUT2D eigenvalue weighted by molar-refractivity contribution is 6.02. The third-order valence-electron chi connectivity index (χ3n) is 3.88. The van der Waals surface area contributed by atoms with Crippen molar-refractivity contribution < 1.29 is 28.6 Å². The molecule has 3 atom stereocenters. The summed E-state index contributed by atoms with van der Waals surface area (Å²) in [5.74, 6) is -2.50. The van der Waals surface area contributed by atoms with Crippen molar-refractivity contribution in [1.29, 1.82) is 0 Å². The third-order valence-corrected chi connectivity index (χ3v) is 3.88. The first-order chi connectivity index (χ1) is 8.98. The van der Waals surface area contributed by atoms with Crippen molar-refractivity contribution >= 4 is 17.9 Å². The van der Waals surface area contributed by atoms with E-state index in [1.807, 2.05) is 6.08 Å². The zero-order valence-electron chi connectivity index (χ0n) is 11.0. The van der Waals surface area contributed by atoms with Gasteiger partial charge in [-0.2, -0.15) is 0 Å². The van der Waals surface area contributed by atoms with E-state index in [4.69, 9.17) is 14.2 Å². The first-order valence-corrected chi connectivity index (χ1v) is 6.00. The summed E-state index contributed by atoms with van der Waals surface area (Å²) >= 11 is 0. The average molecular weight is 268 g/mol. The summed E-state index contributed by atoms with van der Waals surface area (Å²) in [6.07, 6.45) is 3.36. The van der Waals surface area contributed by atoms with Crippen LogP contribution in [0, 0.1) is 17.3 Å². The monoisotopic (exact) mass is 268 g/mol. The Morgan fingerprint density at radius 1 is 1.11 bits per heavy atom. The van der Waals surface area contributed by atoms with E-state index in [-0.39, 0.29) is 11.8 Å². The SMILES string of the molecule is COC(=O)C1(C(=O)OC)C(OC(C)=O)[C@@H]2C=C[C@H]1C2. The predicted molar refractivity (Wildman–Crippen MR) is 62.8 cm³/mol. The molecule has 2 rings (SSSR count). The molecule has 0 aromatic rings. The van der Waals surface area contributed by atoms with E-state index in [0.717, 1.165) is 0 Å². The molecule has 6 nitrogen and oxygen atoms in total. The molecule has 1 fully saturated rings. The van der Waals surface area contributed by atoms with Crippen LogP contribution < -0.4 is 0 Å². The van der Waals surface area contributed by atoms with Gasteiger partial charge in [-0.25, -0.2) is 0 Å². The minimum atomic E-state index is -1.57. The lowest BCUT2D eigenvalue weighted by Crippen LogP contribution is -2.54.